The maximum Gasteiger partial charge on any atom is 0.132 e. The molecule has 20 heavy (non-hydrogen) atoms. The van der Waals surface area contributed by atoms with Crippen molar-refractivity contribution in [3.63, 3.8) is 0 Å². The van der Waals surface area contributed by atoms with Gasteiger partial charge < -0.3 is 19.3 Å². The fourth-order valence-corrected chi connectivity index (χ4v) is 1.90. The minimum atomic E-state index is -1.00. The summed E-state index contributed by atoms with van der Waals surface area (Å²) in [5, 5.41) is 10.5. The van der Waals surface area contributed by atoms with Crippen molar-refractivity contribution in [1.82, 2.24) is 9.97 Å². The fourth-order valence-electron chi connectivity index (χ4n) is 1.90. The summed E-state index contributed by atoms with van der Waals surface area (Å²) in [7, 11) is 4.58. The van der Waals surface area contributed by atoms with Crippen LogP contribution in [0.1, 0.15) is 17.4 Å². The molecule has 0 saturated heterocycles. The lowest BCUT2D eigenvalue weighted by molar-refractivity contribution is 0.203. The van der Waals surface area contributed by atoms with Crippen molar-refractivity contribution in [3.05, 3.63) is 42.0 Å². The minimum Gasteiger partial charge on any atom is -0.496 e. The molecule has 0 aliphatic heterocycles. The van der Waals surface area contributed by atoms with E-state index in [2.05, 4.69) is 9.97 Å². The molecule has 0 aliphatic carbocycles. The molecule has 106 valence electrons. The number of hydrogen-bond donors (Lipinski definition) is 1. The molecule has 2 rings (SSSR count). The zero-order valence-corrected chi connectivity index (χ0v) is 11.5. The van der Waals surface area contributed by atoms with Crippen LogP contribution in [0, 0.1) is 0 Å². The number of rotatable bonds is 5. The summed E-state index contributed by atoms with van der Waals surface area (Å²) < 4.78 is 15.8. The Kier molecular flexibility index (Phi) is 4.37. The van der Waals surface area contributed by atoms with E-state index in [1.807, 2.05) is 0 Å². The lowest BCUT2D eigenvalue weighted by atomic mass is 10.0. The lowest BCUT2D eigenvalue weighted by Crippen LogP contribution is -2.07. The average Bonchev–Trinajstić information content (AvgIpc) is 2.53. The Labute approximate surface area is 117 Å². The van der Waals surface area contributed by atoms with E-state index in [9.17, 15) is 5.11 Å². The van der Waals surface area contributed by atoms with Crippen LogP contribution in [0.2, 0.25) is 0 Å². The van der Waals surface area contributed by atoms with E-state index in [1.54, 1.807) is 25.4 Å². The highest BCUT2D eigenvalue weighted by Crippen LogP contribution is 2.39. The summed E-state index contributed by atoms with van der Waals surface area (Å²) in [4.78, 5) is 8.04. The van der Waals surface area contributed by atoms with Crippen LogP contribution >= 0.6 is 0 Å². The van der Waals surface area contributed by atoms with Crippen LogP contribution in [0.5, 0.6) is 17.2 Å². The summed E-state index contributed by atoms with van der Waals surface area (Å²) in [5.74, 6) is 1.49. The van der Waals surface area contributed by atoms with Gasteiger partial charge in [-0.15, -0.1) is 0 Å². The first kappa shape index (κ1) is 14.1. The van der Waals surface area contributed by atoms with Gasteiger partial charge in [0.15, 0.2) is 0 Å². The maximum atomic E-state index is 10.5. The fraction of sp³-hybridized carbons (Fsp3) is 0.286. The first-order valence-corrected chi connectivity index (χ1v) is 5.95. The van der Waals surface area contributed by atoms with Gasteiger partial charge >= 0.3 is 0 Å². The van der Waals surface area contributed by atoms with Crippen LogP contribution in [-0.2, 0) is 0 Å². The van der Waals surface area contributed by atoms with Crippen molar-refractivity contribution >= 4 is 0 Å². The summed E-state index contributed by atoms with van der Waals surface area (Å²) in [6, 6.07) is 3.36. The maximum absolute atomic E-state index is 10.5. The molecule has 1 atom stereocenters. The van der Waals surface area contributed by atoms with E-state index < -0.39 is 6.10 Å². The molecule has 1 aromatic carbocycles. The monoisotopic (exact) mass is 276 g/mol. The molecule has 1 aromatic heterocycles. The predicted octanol–water partition coefficient (Wildman–Crippen LogP) is 1.58. The molecule has 1 heterocycles. The Balaban J connectivity index is 2.54. The topological polar surface area (TPSA) is 73.7 Å². The Morgan fingerprint density at radius 1 is 1.00 bits per heavy atom. The Morgan fingerprint density at radius 3 is 2.10 bits per heavy atom. The van der Waals surface area contributed by atoms with E-state index in [0.29, 0.717) is 28.5 Å². The average molecular weight is 276 g/mol. The van der Waals surface area contributed by atoms with Crippen molar-refractivity contribution in [2.24, 2.45) is 0 Å². The van der Waals surface area contributed by atoms with Gasteiger partial charge in [-0.3, -0.25) is 9.97 Å². The second-order valence-corrected chi connectivity index (χ2v) is 3.98. The third kappa shape index (κ3) is 2.65. The zero-order valence-electron chi connectivity index (χ0n) is 11.5. The van der Waals surface area contributed by atoms with Crippen LogP contribution in [-0.4, -0.2) is 36.4 Å². The standard InChI is InChI=1S/C14H16N2O4/c1-18-9-6-11(19-2)13(12(7-9)20-3)14(17)10-8-15-4-5-16-10/h4-8,14,17H,1-3H3. The van der Waals surface area contributed by atoms with Gasteiger partial charge in [-0.1, -0.05) is 0 Å². The van der Waals surface area contributed by atoms with Gasteiger partial charge in [0.05, 0.1) is 38.8 Å². The minimum absolute atomic E-state index is 0.411. The Morgan fingerprint density at radius 2 is 1.65 bits per heavy atom. The molecular weight excluding hydrogens is 260 g/mol. The molecule has 0 bridgehead atoms. The van der Waals surface area contributed by atoms with Gasteiger partial charge in [-0.2, -0.15) is 0 Å². The normalized spacial score (nSPS) is 11.8. The number of aliphatic hydroxyl groups is 1. The summed E-state index contributed by atoms with van der Waals surface area (Å²) in [5.41, 5.74) is 0.894. The molecule has 0 saturated carbocycles. The predicted molar refractivity (Wildman–Crippen MR) is 72.2 cm³/mol. The number of hydrogen-bond acceptors (Lipinski definition) is 6. The largest absolute Gasteiger partial charge is 0.496 e. The van der Waals surface area contributed by atoms with E-state index in [-0.39, 0.29) is 0 Å². The number of aliphatic hydroxyl groups excluding tert-OH is 1. The summed E-state index contributed by atoms with van der Waals surface area (Å²) in [6.45, 7) is 0. The smallest absolute Gasteiger partial charge is 0.132 e. The third-order valence-electron chi connectivity index (χ3n) is 2.89. The number of nitrogens with zero attached hydrogens (tertiary/aromatic N) is 2. The van der Waals surface area contributed by atoms with Gasteiger partial charge in [0.25, 0.3) is 0 Å². The quantitative estimate of drug-likeness (QED) is 0.894. The van der Waals surface area contributed by atoms with E-state index in [4.69, 9.17) is 14.2 Å². The highest BCUT2D eigenvalue weighted by Gasteiger charge is 2.23. The summed E-state index contributed by atoms with van der Waals surface area (Å²) >= 11 is 0. The van der Waals surface area contributed by atoms with Gasteiger partial charge in [-0.25, -0.2) is 0 Å². The van der Waals surface area contributed by atoms with Crippen molar-refractivity contribution in [1.29, 1.82) is 0 Å². The Bertz CT molecular complexity index is 550. The molecule has 6 nitrogen and oxygen atoms in total. The van der Waals surface area contributed by atoms with Crippen LogP contribution < -0.4 is 14.2 Å². The molecule has 6 heteroatoms. The van der Waals surface area contributed by atoms with Crippen molar-refractivity contribution in [3.8, 4) is 17.2 Å². The second kappa shape index (κ2) is 6.21. The van der Waals surface area contributed by atoms with Crippen LogP contribution in [0.15, 0.2) is 30.7 Å². The van der Waals surface area contributed by atoms with Crippen LogP contribution in [0.25, 0.3) is 0 Å². The summed E-state index contributed by atoms with van der Waals surface area (Å²) in [6.07, 6.45) is 3.55. The van der Waals surface area contributed by atoms with Crippen molar-refractivity contribution < 1.29 is 19.3 Å². The number of aromatic nitrogens is 2. The molecule has 0 fully saturated rings. The highest BCUT2D eigenvalue weighted by atomic mass is 16.5. The SMILES string of the molecule is COc1cc(OC)c(C(O)c2cnccn2)c(OC)c1. The molecule has 1 N–H and O–H groups in total. The molecule has 0 spiro atoms. The zero-order chi connectivity index (χ0) is 14.5. The van der Waals surface area contributed by atoms with Gasteiger partial charge in [0, 0.05) is 24.5 Å². The first-order chi connectivity index (χ1) is 9.71. The van der Waals surface area contributed by atoms with Crippen molar-refractivity contribution in [2.45, 2.75) is 6.10 Å². The molecule has 2 aromatic rings. The highest BCUT2D eigenvalue weighted by molar-refractivity contribution is 5.53. The van der Waals surface area contributed by atoms with Gasteiger partial charge in [0.2, 0.25) is 0 Å². The molecular formula is C14H16N2O4. The third-order valence-corrected chi connectivity index (χ3v) is 2.89. The Hall–Kier alpha value is -2.34. The number of benzene rings is 1. The van der Waals surface area contributed by atoms with Gasteiger partial charge in [-0.05, 0) is 0 Å². The van der Waals surface area contributed by atoms with E-state index in [0.717, 1.165) is 0 Å². The second-order valence-electron chi connectivity index (χ2n) is 3.98. The van der Waals surface area contributed by atoms with E-state index >= 15 is 0 Å². The number of ether oxygens (including phenoxy) is 3. The molecule has 1 unspecified atom stereocenters. The van der Waals surface area contributed by atoms with Crippen molar-refractivity contribution in [2.75, 3.05) is 21.3 Å². The molecule has 0 amide bonds. The van der Waals surface area contributed by atoms with E-state index in [1.165, 1.54) is 26.6 Å². The molecule has 0 aliphatic rings. The van der Waals surface area contributed by atoms with Crippen LogP contribution in [0.3, 0.4) is 0 Å². The number of methoxy groups -OCH3 is 3. The van der Waals surface area contributed by atoms with Crippen LogP contribution in [0.4, 0.5) is 0 Å². The molecule has 0 radical (unpaired) electrons. The lowest BCUT2D eigenvalue weighted by Gasteiger charge is -2.18. The first-order valence-electron chi connectivity index (χ1n) is 5.95. The van der Waals surface area contributed by atoms with Gasteiger partial charge in [0.1, 0.15) is 23.4 Å².